The summed E-state index contributed by atoms with van der Waals surface area (Å²) in [7, 11) is 0. The molecule has 0 fully saturated rings. The number of carbonyl (C=O) groups excluding carboxylic acids is 1. The van der Waals surface area contributed by atoms with Crippen LogP contribution in [0.2, 0.25) is 0 Å². The van der Waals surface area contributed by atoms with Gasteiger partial charge in [-0.25, -0.2) is 4.99 Å². The number of rotatable bonds is 2. The summed E-state index contributed by atoms with van der Waals surface area (Å²) in [5, 5.41) is 22.2. The van der Waals surface area contributed by atoms with Crippen LogP contribution in [0, 0.1) is 6.92 Å². The Labute approximate surface area is 103 Å². The Bertz CT molecular complexity index is 548. The van der Waals surface area contributed by atoms with Crippen molar-refractivity contribution in [1.29, 1.82) is 0 Å². The molecular formula is C12H13N3O3. The summed E-state index contributed by atoms with van der Waals surface area (Å²) in [5.74, 6) is -3.11. The van der Waals surface area contributed by atoms with E-state index >= 15 is 0 Å². The van der Waals surface area contributed by atoms with Crippen molar-refractivity contribution in [2.24, 2.45) is 10.7 Å². The molecule has 0 radical (unpaired) electrons. The first-order valence-electron chi connectivity index (χ1n) is 5.29. The lowest BCUT2D eigenvalue weighted by Crippen LogP contribution is -2.44. The van der Waals surface area contributed by atoms with E-state index in [0.29, 0.717) is 5.56 Å². The number of aliphatic hydroxyl groups excluding tert-OH is 1. The Morgan fingerprint density at radius 2 is 2.00 bits per heavy atom. The van der Waals surface area contributed by atoms with Crippen LogP contribution in [-0.4, -0.2) is 21.8 Å². The third-order valence-corrected chi connectivity index (χ3v) is 2.61. The van der Waals surface area contributed by atoms with E-state index in [1.807, 2.05) is 6.92 Å². The predicted molar refractivity (Wildman–Crippen MR) is 65.6 cm³/mol. The van der Waals surface area contributed by atoms with Crippen LogP contribution in [0.1, 0.15) is 11.1 Å². The standard InChI is InChI=1S/C12H13N3O3/c1-7-2-4-8(5-3-7)12(18)14-6-9(16)10(15-12)11(13)17/h2-6,14,16,18H,1H3,(H2,13,17). The Balaban J connectivity index is 2.44. The monoisotopic (exact) mass is 247 g/mol. The minimum atomic E-state index is -1.80. The number of hydrogen-bond donors (Lipinski definition) is 4. The fraction of sp³-hybridized carbons (Fsp3) is 0.167. The van der Waals surface area contributed by atoms with Crippen LogP contribution < -0.4 is 11.1 Å². The normalized spacial score (nSPS) is 22.8. The molecular weight excluding hydrogens is 234 g/mol. The lowest BCUT2D eigenvalue weighted by molar-refractivity contribution is -0.112. The minimum Gasteiger partial charge on any atom is -0.504 e. The van der Waals surface area contributed by atoms with Crippen LogP contribution in [0.3, 0.4) is 0 Å². The molecule has 2 rings (SSSR count). The van der Waals surface area contributed by atoms with Gasteiger partial charge in [0.1, 0.15) is 0 Å². The van der Waals surface area contributed by atoms with Gasteiger partial charge in [-0.2, -0.15) is 0 Å². The van der Waals surface area contributed by atoms with Gasteiger partial charge >= 0.3 is 0 Å². The highest BCUT2D eigenvalue weighted by Gasteiger charge is 2.33. The van der Waals surface area contributed by atoms with E-state index in [9.17, 15) is 15.0 Å². The first-order valence-corrected chi connectivity index (χ1v) is 5.29. The fourth-order valence-electron chi connectivity index (χ4n) is 1.60. The van der Waals surface area contributed by atoms with E-state index in [-0.39, 0.29) is 5.71 Å². The number of nitrogens with one attached hydrogen (secondary N) is 1. The van der Waals surface area contributed by atoms with Gasteiger partial charge in [-0.3, -0.25) is 4.79 Å². The maximum atomic E-state index is 11.1. The largest absolute Gasteiger partial charge is 0.504 e. The van der Waals surface area contributed by atoms with E-state index in [1.54, 1.807) is 24.3 Å². The van der Waals surface area contributed by atoms with Gasteiger partial charge in [0.05, 0.1) is 0 Å². The highest BCUT2D eigenvalue weighted by molar-refractivity contribution is 6.44. The molecule has 1 aliphatic heterocycles. The van der Waals surface area contributed by atoms with E-state index in [4.69, 9.17) is 5.73 Å². The second kappa shape index (κ2) is 4.15. The topological polar surface area (TPSA) is 108 Å². The summed E-state index contributed by atoms with van der Waals surface area (Å²) < 4.78 is 0. The van der Waals surface area contributed by atoms with Crippen molar-refractivity contribution in [3.05, 3.63) is 47.4 Å². The molecule has 1 atom stereocenters. The van der Waals surface area contributed by atoms with Crippen LogP contribution in [0.15, 0.2) is 41.2 Å². The van der Waals surface area contributed by atoms with E-state index < -0.39 is 17.5 Å². The highest BCUT2D eigenvalue weighted by Crippen LogP contribution is 2.24. The molecule has 18 heavy (non-hydrogen) atoms. The number of aliphatic imine (C=N–C) groups is 1. The van der Waals surface area contributed by atoms with Crippen LogP contribution in [0.4, 0.5) is 0 Å². The quantitative estimate of drug-likeness (QED) is 0.591. The fourth-order valence-corrected chi connectivity index (χ4v) is 1.60. The van der Waals surface area contributed by atoms with Crippen molar-refractivity contribution < 1.29 is 15.0 Å². The van der Waals surface area contributed by atoms with E-state index in [2.05, 4.69) is 10.3 Å². The molecule has 1 aliphatic rings. The summed E-state index contributed by atoms with van der Waals surface area (Å²) in [6, 6.07) is 6.93. The van der Waals surface area contributed by atoms with Crippen LogP contribution >= 0.6 is 0 Å². The number of carbonyl (C=O) groups is 1. The number of aryl methyl sites for hydroxylation is 1. The van der Waals surface area contributed by atoms with E-state index in [1.165, 1.54) is 0 Å². The Hall–Kier alpha value is -2.34. The molecule has 1 unspecified atom stereocenters. The summed E-state index contributed by atoms with van der Waals surface area (Å²) >= 11 is 0. The van der Waals surface area contributed by atoms with Crippen LogP contribution in [0.5, 0.6) is 0 Å². The molecule has 1 aromatic carbocycles. The van der Waals surface area contributed by atoms with Crippen molar-refractivity contribution in [2.45, 2.75) is 12.8 Å². The molecule has 1 aromatic rings. The lowest BCUT2D eigenvalue weighted by atomic mass is 10.1. The lowest BCUT2D eigenvalue weighted by Gasteiger charge is -2.28. The van der Waals surface area contributed by atoms with Gasteiger partial charge in [-0.05, 0) is 6.92 Å². The predicted octanol–water partition coefficient (Wildman–Crippen LogP) is 0.0265. The van der Waals surface area contributed by atoms with Gasteiger partial charge < -0.3 is 21.3 Å². The van der Waals surface area contributed by atoms with Crippen molar-refractivity contribution in [2.75, 3.05) is 0 Å². The number of aliphatic hydroxyl groups is 2. The van der Waals surface area contributed by atoms with Crippen molar-refractivity contribution >= 4 is 11.6 Å². The minimum absolute atomic E-state index is 0.364. The number of benzene rings is 1. The SMILES string of the molecule is Cc1ccc(C2(O)N=C(C(N)=O)C(O)=CN2)cc1. The van der Waals surface area contributed by atoms with Gasteiger partial charge in [0.2, 0.25) is 0 Å². The van der Waals surface area contributed by atoms with Crippen molar-refractivity contribution in [1.82, 2.24) is 5.32 Å². The second-order valence-electron chi connectivity index (χ2n) is 4.04. The van der Waals surface area contributed by atoms with Gasteiger partial charge in [0.25, 0.3) is 11.8 Å². The second-order valence-corrected chi connectivity index (χ2v) is 4.04. The summed E-state index contributed by atoms with van der Waals surface area (Å²) in [4.78, 5) is 14.9. The van der Waals surface area contributed by atoms with Gasteiger partial charge in [-0.15, -0.1) is 0 Å². The molecule has 0 spiro atoms. The van der Waals surface area contributed by atoms with Gasteiger partial charge in [-0.1, -0.05) is 29.8 Å². The molecule has 1 amide bonds. The zero-order chi connectivity index (χ0) is 13.3. The first-order chi connectivity index (χ1) is 8.42. The molecule has 1 heterocycles. The third kappa shape index (κ3) is 2.05. The summed E-state index contributed by atoms with van der Waals surface area (Å²) in [6.07, 6.45) is 1.09. The average Bonchev–Trinajstić information content (AvgIpc) is 2.33. The highest BCUT2D eigenvalue weighted by atomic mass is 16.3. The number of amides is 1. The number of nitrogens with zero attached hydrogens (tertiary/aromatic N) is 1. The smallest absolute Gasteiger partial charge is 0.270 e. The maximum Gasteiger partial charge on any atom is 0.270 e. The molecule has 0 bridgehead atoms. The van der Waals surface area contributed by atoms with Crippen molar-refractivity contribution in [3.63, 3.8) is 0 Å². The zero-order valence-electron chi connectivity index (χ0n) is 9.71. The van der Waals surface area contributed by atoms with Gasteiger partial charge in [0, 0.05) is 11.8 Å². The first kappa shape index (κ1) is 12.1. The van der Waals surface area contributed by atoms with Crippen LogP contribution in [-0.2, 0) is 10.6 Å². The molecule has 0 saturated carbocycles. The molecule has 94 valence electrons. The Kier molecular flexibility index (Phi) is 2.80. The zero-order valence-corrected chi connectivity index (χ0v) is 9.71. The van der Waals surface area contributed by atoms with Crippen LogP contribution in [0.25, 0.3) is 0 Å². The number of hydrogen-bond acceptors (Lipinski definition) is 5. The Morgan fingerprint density at radius 3 is 2.56 bits per heavy atom. The number of nitrogens with two attached hydrogens (primary N) is 1. The molecule has 0 aliphatic carbocycles. The molecule has 0 aromatic heterocycles. The van der Waals surface area contributed by atoms with E-state index in [0.717, 1.165) is 11.8 Å². The molecule has 6 heteroatoms. The number of primary amides is 1. The average molecular weight is 247 g/mol. The third-order valence-electron chi connectivity index (χ3n) is 2.61. The van der Waals surface area contributed by atoms with Gasteiger partial charge in [0.15, 0.2) is 11.5 Å². The van der Waals surface area contributed by atoms with Crippen molar-refractivity contribution in [3.8, 4) is 0 Å². The molecule has 5 N–H and O–H groups in total. The summed E-state index contributed by atoms with van der Waals surface area (Å²) in [6.45, 7) is 1.91. The molecule has 0 saturated heterocycles. The molecule has 6 nitrogen and oxygen atoms in total. The maximum absolute atomic E-state index is 11.1. The Morgan fingerprint density at radius 1 is 1.39 bits per heavy atom. The summed E-state index contributed by atoms with van der Waals surface area (Å²) in [5.41, 5.74) is 6.17.